The van der Waals surface area contributed by atoms with E-state index in [9.17, 15) is 4.79 Å². The van der Waals surface area contributed by atoms with Crippen molar-refractivity contribution in [2.45, 2.75) is 13.3 Å². The fourth-order valence-corrected chi connectivity index (χ4v) is 1.19. The smallest absolute Gasteiger partial charge is 0.246 e. The largest absolute Gasteiger partial charge is 0.372 e. The monoisotopic (exact) mass is 211 g/mol. The van der Waals surface area contributed by atoms with Gasteiger partial charge in [-0.3, -0.25) is 9.48 Å². The number of ether oxygens (including phenoxy) is 1. The van der Waals surface area contributed by atoms with Crippen LogP contribution in [0, 0.1) is 0 Å². The van der Waals surface area contributed by atoms with E-state index < -0.39 is 0 Å². The second-order valence-corrected chi connectivity index (χ2v) is 3.26. The standard InChI is InChI=1S/C10H17N3O2/c1-3-15-8-10(14)11-5-4-9-6-12-13(2)7-9/h6-7H,3-5,8H2,1-2H3,(H,11,14). The first kappa shape index (κ1) is 11.7. The van der Waals surface area contributed by atoms with Crippen molar-refractivity contribution in [3.63, 3.8) is 0 Å². The van der Waals surface area contributed by atoms with E-state index in [4.69, 9.17) is 4.74 Å². The van der Waals surface area contributed by atoms with Gasteiger partial charge in [-0.05, 0) is 18.9 Å². The summed E-state index contributed by atoms with van der Waals surface area (Å²) in [5.41, 5.74) is 1.12. The van der Waals surface area contributed by atoms with Gasteiger partial charge in [0, 0.05) is 26.4 Å². The lowest BCUT2D eigenvalue weighted by Crippen LogP contribution is -2.29. The van der Waals surface area contributed by atoms with Crippen molar-refractivity contribution in [3.05, 3.63) is 18.0 Å². The van der Waals surface area contributed by atoms with Crippen LogP contribution in [0.15, 0.2) is 12.4 Å². The summed E-state index contributed by atoms with van der Waals surface area (Å²) in [7, 11) is 1.87. The van der Waals surface area contributed by atoms with E-state index in [1.54, 1.807) is 10.9 Å². The van der Waals surface area contributed by atoms with Crippen LogP contribution in [0.4, 0.5) is 0 Å². The maximum absolute atomic E-state index is 11.1. The summed E-state index contributed by atoms with van der Waals surface area (Å²) in [6.07, 6.45) is 4.54. The molecule has 0 radical (unpaired) electrons. The third-order valence-corrected chi connectivity index (χ3v) is 1.93. The zero-order valence-corrected chi connectivity index (χ0v) is 9.19. The Hall–Kier alpha value is -1.36. The number of aromatic nitrogens is 2. The average molecular weight is 211 g/mol. The summed E-state index contributed by atoms with van der Waals surface area (Å²) < 4.78 is 6.72. The SMILES string of the molecule is CCOCC(=O)NCCc1cnn(C)c1. The Labute approximate surface area is 89.4 Å². The van der Waals surface area contributed by atoms with E-state index in [0.29, 0.717) is 13.2 Å². The minimum Gasteiger partial charge on any atom is -0.372 e. The van der Waals surface area contributed by atoms with Crippen LogP contribution < -0.4 is 5.32 Å². The molecule has 0 saturated carbocycles. The zero-order chi connectivity index (χ0) is 11.1. The molecule has 0 spiro atoms. The summed E-state index contributed by atoms with van der Waals surface area (Å²) in [6, 6.07) is 0. The Morgan fingerprint density at radius 1 is 1.67 bits per heavy atom. The molecule has 0 fully saturated rings. The van der Waals surface area contributed by atoms with Crippen molar-refractivity contribution in [1.82, 2.24) is 15.1 Å². The highest BCUT2D eigenvalue weighted by Gasteiger charge is 2.00. The lowest BCUT2D eigenvalue weighted by Gasteiger charge is -2.03. The number of hydrogen-bond donors (Lipinski definition) is 1. The number of rotatable bonds is 6. The molecule has 1 rings (SSSR count). The summed E-state index contributed by atoms with van der Waals surface area (Å²) in [5.74, 6) is -0.0688. The molecule has 0 bridgehead atoms. The molecular weight excluding hydrogens is 194 g/mol. The molecule has 1 aromatic heterocycles. The van der Waals surface area contributed by atoms with Crippen molar-refractivity contribution in [2.75, 3.05) is 19.8 Å². The third-order valence-electron chi connectivity index (χ3n) is 1.93. The first-order valence-electron chi connectivity index (χ1n) is 5.04. The van der Waals surface area contributed by atoms with Crippen molar-refractivity contribution >= 4 is 5.91 Å². The number of nitrogens with zero attached hydrogens (tertiary/aromatic N) is 2. The van der Waals surface area contributed by atoms with Crippen LogP contribution in [0.5, 0.6) is 0 Å². The van der Waals surface area contributed by atoms with Gasteiger partial charge in [-0.25, -0.2) is 0 Å². The predicted octanol–water partition coefficient (Wildman–Crippen LogP) is 0.115. The number of nitrogens with one attached hydrogen (secondary N) is 1. The number of carbonyl (C=O) groups excluding carboxylic acids is 1. The van der Waals surface area contributed by atoms with Crippen molar-refractivity contribution < 1.29 is 9.53 Å². The number of carbonyl (C=O) groups is 1. The second-order valence-electron chi connectivity index (χ2n) is 3.26. The van der Waals surface area contributed by atoms with Crippen LogP contribution in [0.3, 0.4) is 0 Å². The lowest BCUT2D eigenvalue weighted by atomic mass is 10.2. The highest BCUT2D eigenvalue weighted by atomic mass is 16.5. The van der Waals surface area contributed by atoms with Gasteiger partial charge in [0.1, 0.15) is 6.61 Å². The van der Waals surface area contributed by atoms with E-state index in [2.05, 4.69) is 10.4 Å². The number of hydrogen-bond acceptors (Lipinski definition) is 3. The Morgan fingerprint density at radius 2 is 2.47 bits per heavy atom. The van der Waals surface area contributed by atoms with Crippen molar-refractivity contribution in [2.24, 2.45) is 7.05 Å². The molecule has 0 saturated heterocycles. The van der Waals surface area contributed by atoms with Gasteiger partial charge in [0.15, 0.2) is 0 Å². The predicted molar refractivity (Wildman–Crippen MR) is 56.4 cm³/mol. The molecule has 5 nitrogen and oxygen atoms in total. The molecule has 5 heteroatoms. The van der Waals surface area contributed by atoms with E-state index in [1.807, 2.05) is 20.2 Å². The van der Waals surface area contributed by atoms with Gasteiger partial charge < -0.3 is 10.1 Å². The average Bonchev–Trinajstić information content (AvgIpc) is 2.61. The number of amides is 1. The molecule has 84 valence electrons. The van der Waals surface area contributed by atoms with Crippen LogP contribution in [0.2, 0.25) is 0 Å². The normalized spacial score (nSPS) is 10.3. The quantitative estimate of drug-likeness (QED) is 0.727. The van der Waals surface area contributed by atoms with E-state index in [1.165, 1.54) is 0 Å². The van der Waals surface area contributed by atoms with Gasteiger partial charge >= 0.3 is 0 Å². The van der Waals surface area contributed by atoms with Crippen LogP contribution >= 0.6 is 0 Å². The van der Waals surface area contributed by atoms with Gasteiger partial charge in [0.25, 0.3) is 0 Å². The van der Waals surface area contributed by atoms with Gasteiger partial charge in [0.05, 0.1) is 6.20 Å². The minimum absolute atomic E-state index is 0.0688. The summed E-state index contributed by atoms with van der Waals surface area (Å²) >= 11 is 0. The highest BCUT2D eigenvalue weighted by molar-refractivity contribution is 5.77. The van der Waals surface area contributed by atoms with Crippen LogP contribution in [-0.4, -0.2) is 35.4 Å². The molecule has 1 aromatic rings. The van der Waals surface area contributed by atoms with Crippen molar-refractivity contribution in [3.8, 4) is 0 Å². The Bertz CT molecular complexity index is 309. The molecule has 15 heavy (non-hydrogen) atoms. The Kier molecular flexibility index (Phi) is 4.83. The maximum Gasteiger partial charge on any atom is 0.246 e. The minimum atomic E-state index is -0.0688. The molecular formula is C10H17N3O2. The first-order chi connectivity index (χ1) is 7.22. The molecule has 0 aliphatic rings. The summed E-state index contributed by atoms with van der Waals surface area (Å²) in [5, 5.41) is 6.82. The van der Waals surface area contributed by atoms with Gasteiger partial charge in [-0.2, -0.15) is 5.10 Å². The topological polar surface area (TPSA) is 56.1 Å². The second kappa shape index (κ2) is 6.19. The van der Waals surface area contributed by atoms with Gasteiger partial charge in [-0.1, -0.05) is 0 Å². The van der Waals surface area contributed by atoms with Crippen molar-refractivity contribution in [1.29, 1.82) is 0 Å². The maximum atomic E-state index is 11.1. The summed E-state index contributed by atoms with van der Waals surface area (Å²) in [6.45, 7) is 3.19. The van der Waals surface area contributed by atoms with Gasteiger partial charge in [-0.15, -0.1) is 0 Å². The van der Waals surface area contributed by atoms with E-state index in [0.717, 1.165) is 12.0 Å². The van der Waals surface area contributed by atoms with E-state index >= 15 is 0 Å². The van der Waals surface area contributed by atoms with Crippen LogP contribution in [-0.2, 0) is 23.0 Å². The molecule has 0 aromatic carbocycles. The molecule has 0 atom stereocenters. The first-order valence-corrected chi connectivity index (χ1v) is 5.04. The molecule has 0 aliphatic carbocycles. The number of aryl methyl sites for hydroxylation is 1. The van der Waals surface area contributed by atoms with Gasteiger partial charge in [0.2, 0.25) is 5.91 Å². The Morgan fingerprint density at radius 3 is 3.07 bits per heavy atom. The molecule has 1 N–H and O–H groups in total. The summed E-state index contributed by atoms with van der Waals surface area (Å²) in [4.78, 5) is 11.1. The molecule has 1 amide bonds. The molecule has 0 aliphatic heterocycles. The fraction of sp³-hybridized carbons (Fsp3) is 0.600. The highest BCUT2D eigenvalue weighted by Crippen LogP contribution is 1.95. The van der Waals surface area contributed by atoms with E-state index in [-0.39, 0.29) is 12.5 Å². The molecule has 1 heterocycles. The Balaban J connectivity index is 2.13. The molecule has 0 unspecified atom stereocenters. The van der Waals surface area contributed by atoms with Crippen LogP contribution in [0.1, 0.15) is 12.5 Å². The lowest BCUT2D eigenvalue weighted by molar-refractivity contribution is -0.125. The third kappa shape index (κ3) is 4.60. The zero-order valence-electron chi connectivity index (χ0n) is 9.19. The fourth-order valence-electron chi connectivity index (χ4n) is 1.19. The van der Waals surface area contributed by atoms with Crippen LogP contribution in [0.25, 0.3) is 0 Å².